The molecule has 15 heavy (non-hydrogen) atoms. The number of hydrogen-bond donors (Lipinski definition) is 0. The van der Waals surface area contributed by atoms with E-state index >= 15 is 0 Å². The van der Waals surface area contributed by atoms with E-state index in [2.05, 4.69) is 9.72 Å². The van der Waals surface area contributed by atoms with Gasteiger partial charge in [-0.1, -0.05) is 6.08 Å². The highest BCUT2D eigenvalue weighted by Crippen LogP contribution is 2.24. The minimum Gasteiger partial charge on any atom is -0.464 e. The van der Waals surface area contributed by atoms with E-state index in [4.69, 9.17) is 4.74 Å². The molecule has 0 saturated carbocycles. The number of carbonyl (C=O) groups excluding carboxylic acids is 1. The summed E-state index contributed by atoms with van der Waals surface area (Å²) in [5.74, 6) is -0.384. The maximum atomic E-state index is 11.2. The van der Waals surface area contributed by atoms with Crippen LogP contribution in [0.2, 0.25) is 0 Å². The molecule has 1 aromatic heterocycles. The fourth-order valence-corrected chi connectivity index (χ4v) is 2.20. The van der Waals surface area contributed by atoms with Crippen molar-refractivity contribution in [2.75, 3.05) is 20.3 Å². The maximum absolute atomic E-state index is 11.2. The predicted octanol–water partition coefficient (Wildman–Crippen LogP) is 1.73. The predicted molar refractivity (Wildman–Crippen MR) is 56.9 cm³/mol. The Morgan fingerprint density at radius 1 is 1.67 bits per heavy atom. The van der Waals surface area contributed by atoms with Crippen molar-refractivity contribution in [2.24, 2.45) is 0 Å². The van der Waals surface area contributed by atoms with Gasteiger partial charge in [0.15, 0.2) is 5.69 Å². The normalized spacial score (nSPS) is 15.9. The summed E-state index contributed by atoms with van der Waals surface area (Å²) < 4.78 is 9.80. The lowest BCUT2D eigenvalue weighted by Crippen LogP contribution is -2.05. The molecule has 2 heterocycles. The van der Waals surface area contributed by atoms with Crippen LogP contribution < -0.4 is 0 Å². The molecular weight excluding hydrogens is 214 g/mol. The zero-order valence-corrected chi connectivity index (χ0v) is 9.17. The molecule has 0 atom stereocenters. The molecule has 4 nitrogen and oxygen atoms in total. The molecule has 0 fully saturated rings. The molecule has 0 spiro atoms. The molecule has 80 valence electrons. The average molecular weight is 225 g/mol. The summed E-state index contributed by atoms with van der Waals surface area (Å²) in [6.07, 6.45) is 2.86. The van der Waals surface area contributed by atoms with E-state index in [1.165, 1.54) is 18.4 Å². The number of aromatic nitrogens is 1. The van der Waals surface area contributed by atoms with Gasteiger partial charge >= 0.3 is 5.97 Å². The largest absolute Gasteiger partial charge is 0.464 e. The van der Waals surface area contributed by atoms with Crippen LogP contribution in [0.15, 0.2) is 11.5 Å². The molecule has 0 aromatic carbocycles. The summed E-state index contributed by atoms with van der Waals surface area (Å²) in [4.78, 5) is 15.4. The Kier molecular flexibility index (Phi) is 3.13. The molecule has 0 radical (unpaired) electrons. The molecular formula is C10H11NO3S. The number of esters is 1. The molecule has 0 N–H and O–H groups in total. The van der Waals surface area contributed by atoms with Crippen molar-refractivity contribution in [3.8, 4) is 0 Å². The summed E-state index contributed by atoms with van der Waals surface area (Å²) in [5, 5.41) is 2.61. The van der Waals surface area contributed by atoms with Gasteiger partial charge in [0.05, 0.1) is 20.3 Å². The van der Waals surface area contributed by atoms with E-state index in [0.29, 0.717) is 12.3 Å². The highest BCUT2D eigenvalue weighted by Gasteiger charge is 2.14. The smallest absolute Gasteiger partial charge is 0.357 e. The van der Waals surface area contributed by atoms with Crippen LogP contribution in [0.3, 0.4) is 0 Å². The standard InChI is InChI=1S/C10H11NO3S/c1-13-10(12)8-6-15-9(11-8)7-2-4-14-5-3-7/h2,6H,3-5H2,1H3. The van der Waals surface area contributed by atoms with Crippen LogP contribution in [0.5, 0.6) is 0 Å². The Balaban J connectivity index is 2.19. The topological polar surface area (TPSA) is 48.4 Å². The summed E-state index contributed by atoms with van der Waals surface area (Å²) in [7, 11) is 1.36. The lowest BCUT2D eigenvalue weighted by Gasteiger charge is -2.10. The van der Waals surface area contributed by atoms with Crippen LogP contribution in [0.25, 0.3) is 5.57 Å². The van der Waals surface area contributed by atoms with Crippen molar-refractivity contribution in [2.45, 2.75) is 6.42 Å². The van der Waals surface area contributed by atoms with Gasteiger partial charge in [-0.3, -0.25) is 0 Å². The fraction of sp³-hybridized carbons (Fsp3) is 0.400. The second-order valence-electron chi connectivity index (χ2n) is 3.08. The van der Waals surface area contributed by atoms with Crippen molar-refractivity contribution in [3.05, 3.63) is 22.2 Å². The molecule has 2 rings (SSSR count). The van der Waals surface area contributed by atoms with E-state index in [1.807, 2.05) is 6.08 Å². The van der Waals surface area contributed by atoms with Gasteiger partial charge in [0.25, 0.3) is 0 Å². The van der Waals surface area contributed by atoms with Gasteiger partial charge in [-0.25, -0.2) is 9.78 Å². The summed E-state index contributed by atoms with van der Waals surface area (Å²) in [6.45, 7) is 1.35. The summed E-state index contributed by atoms with van der Waals surface area (Å²) in [6, 6.07) is 0. The third kappa shape index (κ3) is 2.24. The molecule has 0 saturated heterocycles. The van der Waals surface area contributed by atoms with Gasteiger partial charge in [-0.2, -0.15) is 0 Å². The number of methoxy groups -OCH3 is 1. The Hall–Kier alpha value is -1.20. The van der Waals surface area contributed by atoms with Crippen LogP contribution >= 0.6 is 11.3 Å². The lowest BCUT2D eigenvalue weighted by molar-refractivity contribution is 0.0595. The quantitative estimate of drug-likeness (QED) is 0.719. The zero-order chi connectivity index (χ0) is 10.7. The van der Waals surface area contributed by atoms with Crippen molar-refractivity contribution in [3.63, 3.8) is 0 Å². The second kappa shape index (κ2) is 4.55. The Labute approximate surface area is 91.5 Å². The highest BCUT2D eigenvalue weighted by atomic mass is 32.1. The van der Waals surface area contributed by atoms with Gasteiger partial charge < -0.3 is 9.47 Å². The molecule has 5 heteroatoms. The van der Waals surface area contributed by atoms with E-state index in [9.17, 15) is 4.79 Å². The number of rotatable bonds is 2. The summed E-state index contributed by atoms with van der Waals surface area (Å²) in [5.41, 5.74) is 1.53. The van der Waals surface area contributed by atoms with Crippen molar-refractivity contribution >= 4 is 22.9 Å². The first kappa shape index (κ1) is 10.3. The molecule has 0 aliphatic carbocycles. The minimum atomic E-state index is -0.384. The van der Waals surface area contributed by atoms with Crippen molar-refractivity contribution in [1.29, 1.82) is 0 Å². The Morgan fingerprint density at radius 2 is 2.53 bits per heavy atom. The first-order valence-corrected chi connectivity index (χ1v) is 5.50. The monoisotopic (exact) mass is 225 g/mol. The van der Waals surface area contributed by atoms with Gasteiger partial charge in [0.1, 0.15) is 5.01 Å². The van der Waals surface area contributed by atoms with Crippen LogP contribution in [0, 0.1) is 0 Å². The Morgan fingerprint density at radius 3 is 3.20 bits per heavy atom. The van der Waals surface area contributed by atoms with Gasteiger partial charge in [0.2, 0.25) is 0 Å². The summed E-state index contributed by atoms with van der Waals surface area (Å²) >= 11 is 1.46. The highest BCUT2D eigenvalue weighted by molar-refractivity contribution is 7.11. The number of carbonyl (C=O) groups is 1. The van der Waals surface area contributed by atoms with Gasteiger partial charge in [0, 0.05) is 5.38 Å². The van der Waals surface area contributed by atoms with E-state index in [0.717, 1.165) is 23.6 Å². The van der Waals surface area contributed by atoms with E-state index < -0.39 is 0 Å². The third-order valence-electron chi connectivity index (χ3n) is 2.14. The lowest BCUT2D eigenvalue weighted by atomic mass is 10.2. The first-order chi connectivity index (χ1) is 7.31. The number of thiazole rings is 1. The van der Waals surface area contributed by atoms with Crippen molar-refractivity contribution < 1.29 is 14.3 Å². The minimum absolute atomic E-state index is 0.380. The first-order valence-electron chi connectivity index (χ1n) is 4.62. The number of hydrogen-bond acceptors (Lipinski definition) is 5. The van der Waals surface area contributed by atoms with Gasteiger partial charge in [-0.05, 0) is 12.0 Å². The van der Waals surface area contributed by atoms with Crippen LogP contribution in [-0.2, 0) is 9.47 Å². The molecule has 0 amide bonds. The van der Waals surface area contributed by atoms with E-state index in [1.54, 1.807) is 5.38 Å². The third-order valence-corrected chi connectivity index (χ3v) is 3.05. The van der Waals surface area contributed by atoms with Crippen LogP contribution in [-0.4, -0.2) is 31.3 Å². The fourth-order valence-electron chi connectivity index (χ4n) is 1.34. The van der Waals surface area contributed by atoms with Gasteiger partial charge in [-0.15, -0.1) is 11.3 Å². The zero-order valence-electron chi connectivity index (χ0n) is 8.36. The maximum Gasteiger partial charge on any atom is 0.357 e. The average Bonchev–Trinajstić information content (AvgIpc) is 2.78. The molecule has 1 aliphatic heterocycles. The van der Waals surface area contributed by atoms with E-state index in [-0.39, 0.29) is 5.97 Å². The SMILES string of the molecule is COC(=O)c1csc(C2=CCOCC2)n1. The van der Waals surface area contributed by atoms with Crippen molar-refractivity contribution in [1.82, 2.24) is 4.98 Å². The number of nitrogens with zero attached hydrogens (tertiary/aromatic N) is 1. The Bertz CT molecular complexity index is 397. The molecule has 1 aliphatic rings. The van der Waals surface area contributed by atoms with Crippen LogP contribution in [0.4, 0.5) is 0 Å². The second-order valence-corrected chi connectivity index (χ2v) is 3.94. The molecule has 1 aromatic rings. The van der Waals surface area contributed by atoms with Crippen LogP contribution in [0.1, 0.15) is 21.9 Å². The number of ether oxygens (including phenoxy) is 2. The molecule has 0 unspecified atom stereocenters. The molecule has 0 bridgehead atoms.